The van der Waals surface area contributed by atoms with Gasteiger partial charge in [-0.1, -0.05) is 52.6 Å². The average molecular weight is 426 g/mol. The van der Waals surface area contributed by atoms with Gasteiger partial charge in [0.2, 0.25) is 0 Å². The number of hydrogen-bond donors (Lipinski definition) is 2. The molecule has 2 N–H and O–H groups in total. The molecule has 20 heavy (non-hydrogen) atoms. The first-order valence-corrected chi connectivity index (χ1v) is 8.04. The van der Waals surface area contributed by atoms with E-state index in [1.165, 1.54) is 32.1 Å². The molecule has 4 heteroatoms. The van der Waals surface area contributed by atoms with Crippen LogP contribution in [-0.2, 0) is 4.74 Å². The van der Waals surface area contributed by atoms with Crippen LogP contribution in [0.15, 0.2) is 0 Å². The van der Waals surface area contributed by atoms with Crippen molar-refractivity contribution in [3.63, 3.8) is 0 Å². The van der Waals surface area contributed by atoms with Gasteiger partial charge in [0.05, 0.1) is 12.2 Å². The zero-order chi connectivity index (χ0) is 13.7. The molecular weight excluding hydrogens is 395 g/mol. The van der Waals surface area contributed by atoms with E-state index in [0.717, 1.165) is 18.8 Å². The van der Waals surface area contributed by atoms with Gasteiger partial charge in [0.25, 0.3) is 0 Å². The summed E-state index contributed by atoms with van der Waals surface area (Å²) < 4.78 is 5.62. The topological polar surface area (TPSA) is 41.5 Å². The van der Waals surface area contributed by atoms with Crippen LogP contribution in [0.2, 0.25) is 0 Å². The number of nitrogens with one attached hydrogen (secondary N) is 1. The van der Waals surface area contributed by atoms with Crippen molar-refractivity contribution >= 4 is 0 Å². The van der Waals surface area contributed by atoms with Gasteiger partial charge >= 0.3 is 0 Å². The molecule has 0 amide bonds. The molecule has 2 fully saturated rings. The molecule has 0 bridgehead atoms. The molecule has 0 aromatic carbocycles. The maximum absolute atomic E-state index is 10.6. The zero-order valence-electron chi connectivity index (χ0n) is 12.8. The van der Waals surface area contributed by atoms with Gasteiger partial charge in [-0.05, 0) is 12.3 Å². The molecule has 0 aromatic heterocycles. The monoisotopic (exact) mass is 426 g/mol. The van der Waals surface area contributed by atoms with Gasteiger partial charge in [-0.2, -0.15) is 0 Å². The van der Waals surface area contributed by atoms with E-state index in [4.69, 9.17) is 4.74 Å². The Bertz CT molecular complexity index is 251. The summed E-state index contributed by atoms with van der Waals surface area (Å²) in [4.78, 5) is 0. The molecule has 1 aliphatic carbocycles. The number of rotatable bonds is 6. The van der Waals surface area contributed by atoms with Crippen LogP contribution in [0, 0.1) is 52.3 Å². The Morgan fingerprint density at radius 3 is 2.50 bits per heavy atom. The van der Waals surface area contributed by atoms with Crippen LogP contribution >= 0.6 is 0 Å². The summed E-state index contributed by atoms with van der Waals surface area (Å²) >= 11 is 0. The Morgan fingerprint density at radius 1 is 1.25 bits per heavy atom. The van der Waals surface area contributed by atoms with Crippen LogP contribution in [0.3, 0.4) is 0 Å². The maximum Gasteiger partial charge on any atom is 0.0927 e. The molecule has 2 aliphatic rings. The molecule has 0 unspecified atom stereocenters. The number of aliphatic hydroxyl groups is 1. The van der Waals surface area contributed by atoms with Crippen molar-refractivity contribution < 1.29 is 49.8 Å². The Hall–Kier alpha value is 1.20. The summed E-state index contributed by atoms with van der Waals surface area (Å²) in [7, 11) is 0. The molecule has 3 nitrogen and oxygen atoms in total. The van der Waals surface area contributed by atoms with Gasteiger partial charge in [0.1, 0.15) is 0 Å². The van der Waals surface area contributed by atoms with Gasteiger partial charge in [0, 0.05) is 52.0 Å². The molecule has 1 saturated heterocycles. The fourth-order valence-electron chi connectivity index (χ4n) is 3.51. The third-order valence-corrected chi connectivity index (χ3v) is 4.48. The number of ether oxygens (including phenoxy) is 1. The molecule has 0 spiro atoms. The predicted molar refractivity (Wildman–Crippen MR) is 77.9 cm³/mol. The van der Waals surface area contributed by atoms with Gasteiger partial charge in [-0.3, -0.25) is 0 Å². The van der Waals surface area contributed by atoms with Gasteiger partial charge < -0.3 is 21.6 Å². The molecular formula is C16H30GdNO2-. The Morgan fingerprint density at radius 2 is 1.95 bits per heavy atom. The third kappa shape index (κ3) is 6.14. The molecule has 120 valence electrons. The van der Waals surface area contributed by atoms with E-state index in [9.17, 15) is 5.11 Å². The summed E-state index contributed by atoms with van der Waals surface area (Å²) in [6.45, 7) is 5.00. The normalized spacial score (nSPS) is 27.3. The van der Waals surface area contributed by atoms with Crippen molar-refractivity contribution in [3.05, 3.63) is 6.42 Å². The minimum absolute atomic E-state index is 0. The second-order valence-corrected chi connectivity index (χ2v) is 6.55. The predicted octanol–water partition coefficient (Wildman–Crippen LogP) is 2.68. The largest absolute Gasteiger partial charge is 0.410 e. The van der Waals surface area contributed by atoms with Crippen molar-refractivity contribution in [3.8, 4) is 0 Å². The van der Waals surface area contributed by atoms with Crippen LogP contribution in [0.1, 0.15) is 58.8 Å². The van der Waals surface area contributed by atoms with Crippen molar-refractivity contribution in [1.29, 1.82) is 0 Å². The molecule has 2 rings (SSSR count). The van der Waals surface area contributed by atoms with Gasteiger partial charge in [-0.25, -0.2) is 0 Å². The standard InChI is InChI=1S/C16H30NO2.Gd/c1-12(2)17-14(11-13-7-4-3-5-8-13)16(18)15-9-6-10-19-15;/h6,12-18H,3-5,7-11H2,1-2H3;/q-1;/t14-,15-,16+;/m0./s1. The van der Waals surface area contributed by atoms with Crippen molar-refractivity contribution in [2.45, 2.75) is 83.1 Å². The second-order valence-electron chi connectivity index (χ2n) is 6.55. The van der Waals surface area contributed by atoms with Crippen molar-refractivity contribution in [2.24, 2.45) is 5.92 Å². The van der Waals surface area contributed by atoms with E-state index in [2.05, 4.69) is 25.6 Å². The second kappa shape index (κ2) is 10.1. The molecule has 0 aromatic rings. The Kier molecular flexibility index (Phi) is 9.69. The molecule has 3 atom stereocenters. The van der Waals surface area contributed by atoms with E-state index in [1.807, 2.05) is 0 Å². The summed E-state index contributed by atoms with van der Waals surface area (Å²) in [5, 5.41) is 14.1. The first-order valence-electron chi connectivity index (χ1n) is 8.04. The fraction of sp³-hybridized carbons (Fsp3) is 0.938. The van der Waals surface area contributed by atoms with E-state index < -0.39 is 0 Å². The maximum atomic E-state index is 10.6. The zero-order valence-corrected chi connectivity index (χ0v) is 15.1. The molecule has 0 radical (unpaired) electrons. The average Bonchev–Trinajstić information content (AvgIpc) is 2.91. The fourth-order valence-corrected chi connectivity index (χ4v) is 3.51. The van der Waals surface area contributed by atoms with Gasteiger partial charge in [-0.15, -0.1) is 6.42 Å². The summed E-state index contributed by atoms with van der Waals surface area (Å²) in [6, 6.07) is 0.591. The van der Waals surface area contributed by atoms with E-state index in [-0.39, 0.29) is 58.2 Å². The van der Waals surface area contributed by atoms with Crippen LogP contribution in [-0.4, -0.2) is 36.0 Å². The first kappa shape index (κ1) is 19.3. The van der Waals surface area contributed by atoms with Crippen molar-refractivity contribution in [1.82, 2.24) is 5.32 Å². The number of hydrogen-bond acceptors (Lipinski definition) is 3. The minimum Gasteiger partial charge on any atom is -0.410 e. The summed E-state index contributed by atoms with van der Waals surface area (Å²) in [6.07, 6.45) is 10.5. The summed E-state index contributed by atoms with van der Waals surface area (Å²) in [5.74, 6) is 0.782. The Balaban J connectivity index is 0.00000200. The van der Waals surface area contributed by atoms with Crippen molar-refractivity contribution in [2.75, 3.05) is 6.61 Å². The van der Waals surface area contributed by atoms with E-state index in [0.29, 0.717) is 12.6 Å². The molecule has 1 heterocycles. The van der Waals surface area contributed by atoms with Crippen LogP contribution < -0.4 is 5.32 Å². The minimum atomic E-state index is -0.372. The van der Waals surface area contributed by atoms with Crippen LogP contribution in [0.4, 0.5) is 0 Å². The Labute approximate surface area is 156 Å². The summed E-state index contributed by atoms with van der Waals surface area (Å²) in [5.41, 5.74) is 0. The third-order valence-electron chi connectivity index (χ3n) is 4.48. The molecule has 1 aliphatic heterocycles. The van der Waals surface area contributed by atoms with Gasteiger partial charge in [0.15, 0.2) is 0 Å². The van der Waals surface area contributed by atoms with Crippen LogP contribution in [0.5, 0.6) is 0 Å². The molecule has 1 saturated carbocycles. The van der Waals surface area contributed by atoms with E-state index >= 15 is 0 Å². The quantitative estimate of drug-likeness (QED) is 0.643. The number of aliphatic hydroxyl groups excluding tert-OH is 1. The van der Waals surface area contributed by atoms with E-state index in [1.54, 1.807) is 0 Å². The first-order chi connectivity index (χ1) is 9.16. The smallest absolute Gasteiger partial charge is 0.0927 e. The van der Waals surface area contributed by atoms with Crippen LogP contribution in [0.25, 0.3) is 0 Å². The SMILES string of the molecule is CC(C)N[C@@H](CC1CCCCC1)[C@@H](O)[C@@H]1C[CH-]CO1.[Gd].